The quantitative estimate of drug-likeness (QED) is 0.699. The zero-order valence-electron chi connectivity index (χ0n) is 17.3. The van der Waals surface area contributed by atoms with E-state index in [9.17, 15) is 14.4 Å². The van der Waals surface area contributed by atoms with E-state index in [1.165, 1.54) is 6.92 Å². The SMILES string of the molecule is Cc1ccc(NC(=O)[C@@H](C)OC(=O)[C@@H](NC(=O)C2CCCCC2)C(C)C)cc1. The largest absolute Gasteiger partial charge is 0.451 e. The molecule has 0 aromatic heterocycles. The van der Waals surface area contributed by atoms with Crippen LogP contribution in [0.25, 0.3) is 0 Å². The highest BCUT2D eigenvalue weighted by molar-refractivity contribution is 5.95. The number of carbonyl (C=O) groups is 3. The van der Waals surface area contributed by atoms with Gasteiger partial charge in [0.1, 0.15) is 6.04 Å². The smallest absolute Gasteiger partial charge is 0.329 e. The molecule has 0 spiro atoms. The molecule has 1 saturated carbocycles. The molecule has 1 aromatic carbocycles. The molecule has 6 heteroatoms. The van der Waals surface area contributed by atoms with Gasteiger partial charge < -0.3 is 15.4 Å². The number of anilines is 1. The molecule has 1 aromatic rings. The predicted octanol–water partition coefficient (Wildman–Crippen LogP) is 3.59. The number of hydrogen-bond acceptors (Lipinski definition) is 4. The molecule has 28 heavy (non-hydrogen) atoms. The lowest BCUT2D eigenvalue weighted by atomic mass is 9.88. The highest BCUT2D eigenvalue weighted by atomic mass is 16.5. The summed E-state index contributed by atoms with van der Waals surface area (Å²) in [6.07, 6.45) is 4.02. The molecule has 0 radical (unpaired) electrons. The number of nitrogens with one attached hydrogen (secondary N) is 2. The molecule has 1 aliphatic carbocycles. The molecule has 0 heterocycles. The molecular weight excluding hydrogens is 356 g/mol. The summed E-state index contributed by atoms with van der Waals surface area (Å²) in [4.78, 5) is 37.4. The van der Waals surface area contributed by atoms with Crippen LogP contribution in [0.5, 0.6) is 0 Å². The summed E-state index contributed by atoms with van der Waals surface area (Å²) in [7, 11) is 0. The first-order chi connectivity index (χ1) is 13.3. The van der Waals surface area contributed by atoms with E-state index in [1.807, 2.05) is 32.9 Å². The topological polar surface area (TPSA) is 84.5 Å². The minimum absolute atomic E-state index is 0.0370. The first kappa shape index (κ1) is 21.9. The molecule has 6 nitrogen and oxygen atoms in total. The van der Waals surface area contributed by atoms with Gasteiger partial charge in [0.15, 0.2) is 6.10 Å². The molecular formula is C22H32N2O4. The molecule has 0 aliphatic heterocycles. The molecule has 0 saturated heterocycles. The second-order valence-corrected chi connectivity index (χ2v) is 8.00. The van der Waals surface area contributed by atoms with Crippen LogP contribution in [0.1, 0.15) is 58.4 Å². The summed E-state index contributed by atoms with van der Waals surface area (Å²) in [5, 5.41) is 5.57. The van der Waals surface area contributed by atoms with E-state index in [4.69, 9.17) is 4.74 Å². The molecule has 154 valence electrons. The van der Waals surface area contributed by atoms with Gasteiger partial charge in [-0.25, -0.2) is 4.79 Å². The lowest BCUT2D eigenvalue weighted by Gasteiger charge is -2.26. The average Bonchev–Trinajstić information content (AvgIpc) is 2.67. The maximum absolute atomic E-state index is 12.6. The summed E-state index contributed by atoms with van der Waals surface area (Å²) in [6.45, 7) is 7.19. The average molecular weight is 389 g/mol. The van der Waals surface area contributed by atoms with Gasteiger partial charge >= 0.3 is 5.97 Å². The van der Waals surface area contributed by atoms with Crippen molar-refractivity contribution in [3.63, 3.8) is 0 Å². The Morgan fingerprint density at radius 2 is 1.61 bits per heavy atom. The number of ether oxygens (including phenoxy) is 1. The first-order valence-electron chi connectivity index (χ1n) is 10.2. The Bertz CT molecular complexity index is 678. The van der Waals surface area contributed by atoms with Crippen LogP contribution in [0.4, 0.5) is 5.69 Å². The summed E-state index contributed by atoms with van der Waals surface area (Å²) >= 11 is 0. The summed E-state index contributed by atoms with van der Waals surface area (Å²) in [5.74, 6) is -1.24. The molecule has 2 rings (SSSR count). The second-order valence-electron chi connectivity index (χ2n) is 8.00. The summed E-state index contributed by atoms with van der Waals surface area (Å²) in [5.41, 5.74) is 1.73. The molecule has 1 aliphatic rings. The maximum Gasteiger partial charge on any atom is 0.329 e. The number of hydrogen-bond donors (Lipinski definition) is 2. The van der Waals surface area contributed by atoms with Gasteiger partial charge in [0, 0.05) is 11.6 Å². The Kier molecular flexibility index (Phi) is 8.03. The van der Waals surface area contributed by atoms with E-state index < -0.39 is 24.0 Å². The van der Waals surface area contributed by atoms with Gasteiger partial charge in [-0.3, -0.25) is 9.59 Å². The van der Waals surface area contributed by atoms with Gasteiger partial charge in [0.2, 0.25) is 5.91 Å². The van der Waals surface area contributed by atoms with Crippen molar-refractivity contribution in [3.05, 3.63) is 29.8 Å². The predicted molar refractivity (Wildman–Crippen MR) is 109 cm³/mol. The second kappa shape index (κ2) is 10.2. The fourth-order valence-corrected chi connectivity index (χ4v) is 3.32. The van der Waals surface area contributed by atoms with Gasteiger partial charge in [-0.15, -0.1) is 0 Å². The third-order valence-electron chi connectivity index (χ3n) is 5.18. The van der Waals surface area contributed by atoms with Crippen LogP contribution in [0.15, 0.2) is 24.3 Å². The van der Waals surface area contributed by atoms with Crippen molar-refractivity contribution in [1.82, 2.24) is 5.32 Å². The maximum atomic E-state index is 12.6. The minimum atomic E-state index is -0.957. The Labute approximate surface area is 167 Å². The van der Waals surface area contributed by atoms with Gasteiger partial charge in [0.25, 0.3) is 5.91 Å². The van der Waals surface area contributed by atoms with Crippen LogP contribution in [-0.2, 0) is 19.1 Å². The van der Waals surface area contributed by atoms with Crippen molar-refractivity contribution < 1.29 is 19.1 Å². The number of aryl methyl sites for hydroxylation is 1. The summed E-state index contributed by atoms with van der Waals surface area (Å²) in [6, 6.07) is 6.61. The number of carbonyl (C=O) groups excluding carboxylic acids is 3. The lowest BCUT2D eigenvalue weighted by Crippen LogP contribution is -2.49. The fraction of sp³-hybridized carbons (Fsp3) is 0.591. The molecule has 0 bridgehead atoms. The molecule has 0 unspecified atom stereocenters. The zero-order chi connectivity index (χ0) is 20.7. The van der Waals surface area contributed by atoms with Crippen LogP contribution in [0.3, 0.4) is 0 Å². The first-order valence-corrected chi connectivity index (χ1v) is 10.2. The van der Waals surface area contributed by atoms with Crippen molar-refractivity contribution in [2.45, 2.75) is 71.9 Å². The van der Waals surface area contributed by atoms with Crippen molar-refractivity contribution in [2.75, 3.05) is 5.32 Å². The van der Waals surface area contributed by atoms with E-state index in [2.05, 4.69) is 10.6 Å². The standard InChI is InChI=1S/C22H32N2O4/c1-14(2)19(24-21(26)17-8-6-5-7-9-17)22(27)28-16(4)20(25)23-18-12-10-15(3)11-13-18/h10-14,16-17,19H,5-9H2,1-4H3,(H,23,25)(H,24,26)/t16-,19+/m1/s1. The lowest BCUT2D eigenvalue weighted by molar-refractivity contribution is -0.157. The number of benzene rings is 1. The summed E-state index contributed by atoms with van der Waals surface area (Å²) < 4.78 is 5.35. The van der Waals surface area contributed by atoms with E-state index in [0.29, 0.717) is 5.69 Å². The Balaban J connectivity index is 1.91. The number of rotatable bonds is 7. The highest BCUT2D eigenvalue weighted by Crippen LogP contribution is 2.24. The monoisotopic (exact) mass is 388 g/mol. The molecule has 2 amide bonds. The van der Waals surface area contributed by atoms with Crippen LogP contribution < -0.4 is 10.6 Å². The van der Waals surface area contributed by atoms with E-state index >= 15 is 0 Å². The Morgan fingerprint density at radius 1 is 1.00 bits per heavy atom. The highest BCUT2D eigenvalue weighted by Gasteiger charge is 2.31. The van der Waals surface area contributed by atoms with Gasteiger partial charge in [-0.2, -0.15) is 0 Å². The number of esters is 1. The Hall–Kier alpha value is -2.37. The van der Waals surface area contributed by atoms with Crippen LogP contribution in [0.2, 0.25) is 0 Å². The van der Waals surface area contributed by atoms with Gasteiger partial charge in [0.05, 0.1) is 0 Å². The van der Waals surface area contributed by atoms with Crippen molar-refractivity contribution >= 4 is 23.5 Å². The number of amides is 2. The van der Waals surface area contributed by atoms with E-state index in [-0.39, 0.29) is 17.7 Å². The van der Waals surface area contributed by atoms with Gasteiger partial charge in [-0.1, -0.05) is 50.8 Å². The van der Waals surface area contributed by atoms with Crippen molar-refractivity contribution in [3.8, 4) is 0 Å². The van der Waals surface area contributed by atoms with Crippen LogP contribution in [-0.4, -0.2) is 29.9 Å². The van der Waals surface area contributed by atoms with Crippen LogP contribution >= 0.6 is 0 Å². The third-order valence-corrected chi connectivity index (χ3v) is 5.18. The van der Waals surface area contributed by atoms with Gasteiger partial charge in [-0.05, 0) is 44.7 Å². The minimum Gasteiger partial charge on any atom is -0.451 e. The Morgan fingerprint density at radius 3 is 2.18 bits per heavy atom. The van der Waals surface area contributed by atoms with Crippen molar-refractivity contribution in [2.24, 2.45) is 11.8 Å². The van der Waals surface area contributed by atoms with Crippen molar-refractivity contribution in [1.29, 1.82) is 0 Å². The van der Waals surface area contributed by atoms with E-state index in [0.717, 1.165) is 37.7 Å². The zero-order valence-corrected chi connectivity index (χ0v) is 17.3. The molecule has 2 N–H and O–H groups in total. The third kappa shape index (κ3) is 6.36. The van der Waals surface area contributed by atoms with E-state index in [1.54, 1.807) is 12.1 Å². The fourth-order valence-electron chi connectivity index (χ4n) is 3.32. The normalized spacial score (nSPS) is 16.9. The van der Waals surface area contributed by atoms with Crippen LogP contribution in [0, 0.1) is 18.8 Å². The molecule has 2 atom stereocenters. The molecule has 1 fully saturated rings.